The molecule has 0 saturated heterocycles. The molecule has 19 heavy (non-hydrogen) atoms. The topological polar surface area (TPSA) is 42.4 Å². The molecule has 0 aliphatic rings. The van der Waals surface area contributed by atoms with E-state index in [1.165, 1.54) is 0 Å². The minimum atomic E-state index is 0.430. The van der Waals surface area contributed by atoms with Crippen molar-refractivity contribution < 1.29 is 4.42 Å². The van der Waals surface area contributed by atoms with Crippen LogP contribution in [-0.4, -0.2) is 18.3 Å². The Morgan fingerprint density at radius 1 is 1.42 bits per heavy atom. The van der Waals surface area contributed by atoms with Gasteiger partial charge in [0, 0.05) is 35.3 Å². The van der Waals surface area contributed by atoms with Crippen molar-refractivity contribution in [1.29, 1.82) is 0 Å². The van der Waals surface area contributed by atoms with Crippen molar-refractivity contribution in [3.8, 4) is 0 Å². The van der Waals surface area contributed by atoms with Crippen LogP contribution in [0.25, 0.3) is 0 Å². The smallest absolute Gasteiger partial charge is 0.107 e. The molecule has 0 aliphatic heterocycles. The molecule has 5 heteroatoms. The molecule has 0 spiro atoms. The second kappa shape index (κ2) is 6.12. The molecule has 0 amide bonds. The van der Waals surface area contributed by atoms with Gasteiger partial charge in [0.1, 0.15) is 4.99 Å². The number of hydrogen-bond donors (Lipinski definition) is 1. The number of thioether (sulfide) groups is 1. The molecule has 2 N–H and O–H groups in total. The summed E-state index contributed by atoms with van der Waals surface area (Å²) in [6.45, 7) is 0.754. The standard InChI is InChI=1S/C14H16N2OS2/c1-16(8-10-6-7-17-9-10)11-4-3-5-12(19-2)13(11)14(15)18/h3-7,9H,8H2,1-2H3,(H2,15,18). The van der Waals surface area contributed by atoms with Crippen molar-refractivity contribution in [3.63, 3.8) is 0 Å². The Morgan fingerprint density at radius 3 is 2.79 bits per heavy atom. The van der Waals surface area contributed by atoms with Gasteiger partial charge in [-0.25, -0.2) is 0 Å². The fourth-order valence-corrected chi connectivity index (χ4v) is 2.91. The number of nitrogens with zero attached hydrogens (tertiary/aromatic N) is 1. The van der Waals surface area contributed by atoms with Crippen molar-refractivity contribution in [1.82, 2.24) is 0 Å². The van der Waals surface area contributed by atoms with Crippen LogP contribution < -0.4 is 10.6 Å². The summed E-state index contributed by atoms with van der Waals surface area (Å²) in [6, 6.07) is 8.05. The van der Waals surface area contributed by atoms with E-state index in [1.54, 1.807) is 24.3 Å². The third kappa shape index (κ3) is 3.11. The second-order valence-electron chi connectivity index (χ2n) is 4.21. The van der Waals surface area contributed by atoms with Crippen LogP contribution in [-0.2, 0) is 6.54 Å². The van der Waals surface area contributed by atoms with Crippen LogP contribution >= 0.6 is 24.0 Å². The maximum absolute atomic E-state index is 5.88. The number of thiocarbonyl (C=S) groups is 1. The lowest BCUT2D eigenvalue weighted by Crippen LogP contribution is -2.22. The van der Waals surface area contributed by atoms with Crippen molar-refractivity contribution in [3.05, 3.63) is 47.9 Å². The van der Waals surface area contributed by atoms with E-state index < -0.39 is 0 Å². The summed E-state index contributed by atoms with van der Waals surface area (Å²) >= 11 is 6.84. The molecule has 0 bridgehead atoms. The molecule has 0 atom stereocenters. The first-order valence-electron chi connectivity index (χ1n) is 5.82. The minimum absolute atomic E-state index is 0.430. The van der Waals surface area contributed by atoms with Gasteiger partial charge in [0.2, 0.25) is 0 Å². The quantitative estimate of drug-likeness (QED) is 0.676. The Kier molecular flexibility index (Phi) is 4.50. The molecule has 3 nitrogen and oxygen atoms in total. The van der Waals surface area contributed by atoms with Crippen LogP contribution in [0.2, 0.25) is 0 Å². The number of anilines is 1. The maximum Gasteiger partial charge on any atom is 0.107 e. The summed E-state index contributed by atoms with van der Waals surface area (Å²) in [7, 11) is 2.02. The van der Waals surface area contributed by atoms with E-state index in [2.05, 4.69) is 4.90 Å². The third-order valence-electron chi connectivity index (χ3n) is 2.88. The highest BCUT2D eigenvalue weighted by Crippen LogP contribution is 2.29. The summed E-state index contributed by atoms with van der Waals surface area (Å²) in [5, 5.41) is 0. The van der Waals surface area contributed by atoms with Crippen LogP contribution in [0.3, 0.4) is 0 Å². The monoisotopic (exact) mass is 292 g/mol. The molecule has 100 valence electrons. The van der Waals surface area contributed by atoms with E-state index in [-0.39, 0.29) is 0 Å². The zero-order valence-corrected chi connectivity index (χ0v) is 12.6. The highest BCUT2D eigenvalue weighted by atomic mass is 32.2. The van der Waals surface area contributed by atoms with Crippen LogP contribution in [0.15, 0.2) is 46.1 Å². The average Bonchev–Trinajstić information content (AvgIpc) is 2.90. The molecule has 0 radical (unpaired) electrons. The van der Waals surface area contributed by atoms with Crippen molar-refractivity contribution in [2.45, 2.75) is 11.4 Å². The highest BCUT2D eigenvalue weighted by Gasteiger charge is 2.14. The Balaban J connectivity index is 2.35. The number of hydrogen-bond acceptors (Lipinski definition) is 4. The number of nitrogens with two attached hydrogens (primary N) is 1. The summed E-state index contributed by atoms with van der Waals surface area (Å²) in [5.41, 5.74) is 8.97. The average molecular weight is 292 g/mol. The second-order valence-corrected chi connectivity index (χ2v) is 5.49. The first-order valence-corrected chi connectivity index (χ1v) is 7.45. The summed E-state index contributed by atoms with van der Waals surface area (Å²) in [6.07, 6.45) is 5.45. The molecular formula is C14H16N2OS2. The van der Waals surface area contributed by atoms with E-state index in [0.29, 0.717) is 4.99 Å². The zero-order valence-electron chi connectivity index (χ0n) is 10.9. The maximum atomic E-state index is 5.88. The Bertz CT molecular complexity index is 567. The van der Waals surface area contributed by atoms with E-state index in [0.717, 1.165) is 28.3 Å². The van der Waals surface area contributed by atoms with Crippen molar-refractivity contribution in [2.24, 2.45) is 5.73 Å². The van der Waals surface area contributed by atoms with Gasteiger partial charge in [-0.05, 0) is 24.5 Å². The lowest BCUT2D eigenvalue weighted by Gasteiger charge is -2.23. The van der Waals surface area contributed by atoms with Crippen molar-refractivity contribution >= 4 is 34.7 Å². The Labute approximate surface area is 122 Å². The van der Waals surface area contributed by atoms with Gasteiger partial charge in [0.25, 0.3) is 0 Å². The van der Waals surface area contributed by atoms with Gasteiger partial charge < -0.3 is 15.1 Å². The fraction of sp³-hybridized carbons (Fsp3) is 0.214. The molecule has 1 aromatic carbocycles. The van der Waals surface area contributed by atoms with E-state index in [1.807, 2.05) is 37.6 Å². The van der Waals surface area contributed by atoms with Crippen LogP contribution in [0.4, 0.5) is 5.69 Å². The van der Waals surface area contributed by atoms with E-state index in [9.17, 15) is 0 Å². The molecule has 2 aromatic rings. The molecule has 0 saturated carbocycles. The van der Waals surface area contributed by atoms with Gasteiger partial charge in [-0.2, -0.15) is 0 Å². The molecule has 0 fully saturated rings. The molecule has 2 rings (SSSR count). The first kappa shape index (κ1) is 14.0. The van der Waals surface area contributed by atoms with Gasteiger partial charge in [-0.15, -0.1) is 11.8 Å². The van der Waals surface area contributed by atoms with Gasteiger partial charge in [0.05, 0.1) is 12.5 Å². The van der Waals surface area contributed by atoms with Crippen LogP contribution in [0.1, 0.15) is 11.1 Å². The normalized spacial score (nSPS) is 10.4. The summed E-state index contributed by atoms with van der Waals surface area (Å²) in [5.74, 6) is 0. The van der Waals surface area contributed by atoms with Gasteiger partial charge in [0.15, 0.2) is 0 Å². The summed E-state index contributed by atoms with van der Waals surface area (Å²) in [4.78, 5) is 3.65. The van der Waals surface area contributed by atoms with Crippen LogP contribution in [0.5, 0.6) is 0 Å². The van der Waals surface area contributed by atoms with E-state index in [4.69, 9.17) is 22.4 Å². The summed E-state index contributed by atoms with van der Waals surface area (Å²) < 4.78 is 5.09. The van der Waals surface area contributed by atoms with Gasteiger partial charge in [-0.1, -0.05) is 18.3 Å². The Hall–Kier alpha value is -1.46. The predicted octanol–water partition coefficient (Wildman–Crippen LogP) is 3.27. The molecular weight excluding hydrogens is 276 g/mol. The van der Waals surface area contributed by atoms with Gasteiger partial charge >= 0.3 is 0 Å². The molecule has 1 aromatic heterocycles. The Morgan fingerprint density at radius 2 is 2.21 bits per heavy atom. The largest absolute Gasteiger partial charge is 0.472 e. The molecule has 1 heterocycles. The predicted molar refractivity (Wildman–Crippen MR) is 84.9 cm³/mol. The van der Waals surface area contributed by atoms with Gasteiger partial charge in [-0.3, -0.25) is 0 Å². The number of benzene rings is 1. The minimum Gasteiger partial charge on any atom is -0.472 e. The third-order valence-corrected chi connectivity index (χ3v) is 3.87. The highest BCUT2D eigenvalue weighted by molar-refractivity contribution is 7.98. The lowest BCUT2D eigenvalue weighted by atomic mass is 10.1. The number of rotatable bonds is 5. The van der Waals surface area contributed by atoms with Crippen LogP contribution in [0, 0.1) is 0 Å². The van der Waals surface area contributed by atoms with E-state index >= 15 is 0 Å². The SMILES string of the molecule is CSc1cccc(N(C)Cc2ccoc2)c1C(N)=S. The number of furan rings is 1. The zero-order chi connectivity index (χ0) is 13.8. The first-order chi connectivity index (χ1) is 9.13. The van der Waals surface area contributed by atoms with Crippen molar-refractivity contribution in [2.75, 3.05) is 18.2 Å². The fourth-order valence-electron chi connectivity index (χ4n) is 2.00. The molecule has 0 aliphatic carbocycles. The molecule has 0 unspecified atom stereocenters. The lowest BCUT2D eigenvalue weighted by molar-refractivity contribution is 0.563.